The van der Waals surface area contributed by atoms with Crippen LogP contribution in [0.25, 0.3) is 0 Å². The van der Waals surface area contributed by atoms with Crippen molar-refractivity contribution in [3.05, 3.63) is 59.7 Å². The highest BCUT2D eigenvalue weighted by Gasteiger charge is 2.49. The van der Waals surface area contributed by atoms with Crippen molar-refractivity contribution in [2.45, 2.75) is 44.2 Å². The van der Waals surface area contributed by atoms with E-state index in [0.717, 1.165) is 11.3 Å². The molecule has 3 heterocycles. The van der Waals surface area contributed by atoms with Crippen molar-refractivity contribution in [3.8, 4) is 5.75 Å². The van der Waals surface area contributed by atoms with Crippen LogP contribution in [0.15, 0.2) is 42.6 Å². The number of nitrogens with zero attached hydrogens (tertiary/aromatic N) is 1. The number of aryl methyl sites for hydroxylation is 1. The highest BCUT2D eigenvalue weighted by atomic mass is 19.1. The molecule has 0 saturated carbocycles. The summed E-state index contributed by atoms with van der Waals surface area (Å²) in [6.45, 7) is 4.46. The molecule has 2 N–H and O–H groups in total. The number of halogens is 1. The zero-order chi connectivity index (χ0) is 20.4. The second kappa shape index (κ2) is 8.34. The lowest BCUT2D eigenvalue weighted by atomic mass is 10.1. The van der Waals surface area contributed by atoms with Gasteiger partial charge in [0.05, 0.1) is 31.0 Å². The predicted molar refractivity (Wildman–Crippen MR) is 103 cm³/mol. The monoisotopic (exact) mass is 401 g/mol. The average molecular weight is 401 g/mol. The Balaban J connectivity index is 1.31. The molecule has 2 aliphatic rings. The van der Waals surface area contributed by atoms with Crippen LogP contribution in [0.4, 0.5) is 9.18 Å². The third-order valence-corrected chi connectivity index (χ3v) is 5.28. The molecule has 0 spiro atoms. The Morgan fingerprint density at radius 1 is 1.21 bits per heavy atom. The van der Waals surface area contributed by atoms with Gasteiger partial charge in [0.1, 0.15) is 23.8 Å². The van der Waals surface area contributed by atoms with Crippen molar-refractivity contribution in [2.24, 2.45) is 0 Å². The Morgan fingerprint density at radius 3 is 2.72 bits per heavy atom. The van der Waals surface area contributed by atoms with Gasteiger partial charge in [-0.05, 0) is 43.7 Å². The van der Waals surface area contributed by atoms with Crippen molar-refractivity contribution in [1.29, 1.82) is 0 Å². The first-order valence-corrected chi connectivity index (χ1v) is 9.65. The van der Waals surface area contributed by atoms with Gasteiger partial charge in [0.2, 0.25) is 0 Å². The molecule has 1 aromatic heterocycles. The zero-order valence-corrected chi connectivity index (χ0v) is 16.3. The fourth-order valence-corrected chi connectivity index (χ4v) is 3.69. The summed E-state index contributed by atoms with van der Waals surface area (Å²) in [6.07, 6.45) is 0.933. The van der Waals surface area contributed by atoms with Gasteiger partial charge in [0.25, 0.3) is 0 Å². The molecule has 7 nitrogen and oxygen atoms in total. The molecule has 1 unspecified atom stereocenters. The van der Waals surface area contributed by atoms with Crippen molar-refractivity contribution in [3.63, 3.8) is 0 Å². The molecule has 5 atom stereocenters. The van der Waals surface area contributed by atoms with E-state index in [9.17, 15) is 9.18 Å². The van der Waals surface area contributed by atoms with Gasteiger partial charge in [-0.25, -0.2) is 9.18 Å². The number of rotatable bonds is 5. The Kier molecular flexibility index (Phi) is 5.64. The van der Waals surface area contributed by atoms with E-state index < -0.39 is 0 Å². The normalized spacial score (nSPS) is 26.6. The van der Waals surface area contributed by atoms with Crippen LogP contribution < -0.4 is 15.4 Å². The first-order chi connectivity index (χ1) is 14.0. The molecule has 1 aromatic carbocycles. The molecule has 0 radical (unpaired) electrons. The van der Waals surface area contributed by atoms with Crippen LogP contribution in [0.5, 0.6) is 5.75 Å². The molecule has 8 heteroatoms. The fourth-order valence-electron chi connectivity index (χ4n) is 3.69. The molecule has 2 saturated heterocycles. The maximum Gasteiger partial charge on any atom is 0.315 e. The highest BCUT2D eigenvalue weighted by molar-refractivity contribution is 5.75. The molecule has 154 valence electrons. The number of pyridine rings is 1. The maximum atomic E-state index is 13.1. The molecule has 2 aliphatic heterocycles. The smallest absolute Gasteiger partial charge is 0.315 e. The van der Waals surface area contributed by atoms with Crippen molar-refractivity contribution in [1.82, 2.24) is 15.6 Å². The molecule has 2 fully saturated rings. The molecule has 2 aromatic rings. The van der Waals surface area contributed by atoms with Gasteiger partial charge in [-0.1, -0.05) is 12.1 Å². The molecular formula is C21H24FN3O4. The number of nitrogens with one attached hydrogen (secondary N) is 2. The van der Waals surface area contributed by atoms with Crippen molar-refractivity contribution in [2.75, 3.05) is 13.2 Å². The van der Waals surface area contributed by atoms with Crippen molar-refractivity contribution >= 4 is 6.03 Å². The van der Waals surface area contributed by atoms with E-state index in [4.69, 9.17) is 14.2 Å². The SMILES string of the molecule is Cc1ncccc1O[C@H]1CO[C@H]2[C@@H]1OC[C@@H]2NC(=O)NC(C)c1ccc(F)cc1. The van der Waals surface area contributed by atoms with E-state index in [0.29, 0.717) is 19.0 Å². The number of benzene rings is 1. The van der Waals surface area contributed by atoms with Gasteiger partial charge in [0.15, 0.2) is 6.10 Å². The first kappa shape index (κ1) is 19.6. The van der Waals surface area contributed by atoms with Gasteiger partial charge in [-0.15, -0.1) is 0 Å². The van der Waals surface area contributed by atoms with Crippen LogP contribution in [0.2, 0.25) is 0 Å². The number of hydrogen-bond donors (Lipinski definition) is 2. The number of carbonyl (C=O) groups is 1. The molecule has 0 bridgehead atoms. The Bertz CT molecular complexity index is 863. The second-order valence-corrected chi connectivity index (χ2v) is 7.34. The number of urea groups is 1. The average Bonchev–Trinajstić information content (AvgIpc) is 3.27. The minimum atomic E-state index is -0.327. The summed E-state index contributed by atoms with van der Waals surface area (Å²) >= 11 is 0. The Morgan fingerprint density at radius 2 is 1.97 bits per heavy atom. The van der Waals surface area contributed by atoms with Crippen LogP contribution in [0, 0.1) is 12.7 Å². The minimum Gasteiger partial charge on any atom is -0.483 e. The van der Waals surface area contributed by atoms with Crippen molar-refractivity contribution < 1.29 is 23.4 Å². The van der Waals surface area contributed by atoms with E-state index in [1.165, 1.54) is 12.1 Å². The van der Waals surface area contributed by atoms with Gasteiger partial charge >= 0.3 is 6.03 Å². The Hall–Kier alpha value is -2.71. The molecular weight excluding hydrogens is 377 g/mol. The number of ether oxygens (including phenoxy) is 3. The van der Waals surface area contributed by atoms with Crippen LogP contribution in [0.1, 0.15) is 24.2 Å². The number of fused-ring (bicyclic) bond motifs is 1. The summed E-state index contributed by atoms with van der Waals surface area (Å²) in [7, 11) is 0. The summed E-state index contributed by atoms with van der Waals surface area (Å²) < 4.78 is 30.8. The van der Waals surface area contributed by atoms with E-state index in [1.807, 2.05) is 26.0 Å². The number of carbonyl (C=O) groups excluding carboxylic acids is 1. The quantitative estimate of drug-likeness (QED) is 0.805. The van der Waals surface area contributed by atoms with E-state index >= 15 is 0 Å². The molecule has 2 amide bonds. The first-order valence-electron chi connectivity index (χ1n) is 9.65. The lowest BCUT2D eigenvalue weighted by Crippen LogP contribution is -2.48. The number of aromatic nitrogens is 1. The zero-order valence-electron chi connectivity index (χ0n) is 16.3. The molecule has 4 rings (SSSR count). The van der Waals surface area contributed by atoms with Crippen LogP contribution >= 0.6 is 0 Å². The van der Waals surface area contributed by atoms with E-state index in [-0.39, 0.29) is 42.2 Å². The van der Waals surface area contributed by atoms with Crippen LogP contribution in [0.3, 0.4) is 0 Å². The van der Waals surface area contributed by atoms with E-state index in [1.54, 1.807) is 18.3 Å². The fraction of sp³-hybridized carbons (Fsp3) is 0.429. The topological polar surface area (TPSA) is 81.7 Å². The summed E-state index contributed by atoms with van der Waals surface area (Å²) in [6, 6.07) is 8.87. The minimum absolute atomic E-state index is 0.254. The predicted octanol–water partition coefficient (Wildman–Crippen LogP) is 2.50. The lowest BCUT2D eigenvalue weighted by molar-refractivity contribution is 0.0299. The van der Waals surface area contributed by atoms with Gasteiger partial charge in [-0.3, -0.25) is 4.98 Å². The van der Waals surface area contributed by atoms with Gasteiger partial charge in [0, 0.05) is 6.20 Å². The Labute approximate surface area is 168 Å². The van der Waals surface area contributed by atoms with Crippen LogP contribution in [-0.4, -0.2) is 48.6 Å². The van der Waals surface area contributed by atoms with Gasteiger partial charge < -0.3 is 24.8 Å². The summed E-state index contributed by atoms with van der Waals surface area (Å²) in [5, 5.41) is 5.77. The second-order valence-electron chi connectivity index (χ2n) is 7.34. The summed E-state index contributed by atoms with van der Waals surface area (Å²) in [5.41, 5.74) is 1.62. The maximum absolute atomic E-state index is 13.1. The lowest BCUT2D eigenvalue weighted by Gasteiger charge is -2.20. The highest BCUT2D eigenvalue weighted by Crippen LogP contribution is 2.30. The molecule has 29 heavy (non-hydrogen) atoms. The third-order valence-electron chi connectivity index (χ3n) is 5.28. The number of amides is 2. The van der Waals surface area contributed by atoms with E-state index in [2.05, 4.69) is 15.6 Å². The molecule has 0 aliphatic carbocycles. The standard InChI is InChI=1S/C21H24FN3O4/c1-12(14-5-7-15(22)8-6-14)24-21(26)25-16-10-27-20-18(11-28-19(16)20)29-17-4-3-9-23-13(17)2/h3-9,12,16,18-20H,10-11H2,1-2H3,(H2,24,25,26)/t12?,16-,18-,19+,20+/m0/s1. The third kappa shape index (κ3) is 4.33. The summed E-state index contributed by atoms with van der Waals surface area (Å²) in [5.74, 6) is 0.392. The van der Waals surface area contributed by atoms with Gasteiger partial charge in [-0.2, -0.15) is 0 Å². The van der Waals surface area contributed by atoms with Crippen LogP contribution in [-0.2, 0) is 9.47 Å². The number of hydrogen-bond acceptors (Lipinski definition) is 5. The largest absolute Gasteiger partial charge is 0.483 e. The summed E-state index contributed by atoms with van der Waals surface area (Å²) in [4.78, 5) is 16.6.